The van der Waals surface area contributed by atoms with Crippen molar-refractivity contribution in [1.82, 2.24) is 20.0 Å². The molecule has 1 aromatic rings. The van der Waals surface area contributed by atoms with Crippen LogP contribution in [0.4, 0.5) is 0 Å². The molecule has 1 N–H and O–H groups in total. The Labute approximate surface area is 149 Å². The lowest BCUT2D eigenvalue weighted by Crippen LogP contribution is -2.55. The van der Waals surface area contributed by atoms with Gasteiger partial charge in [-0.25, -0.2) is 0 Å². The smallest absolute Gasteiger partial charge is 0.250 e. The maximum absolute atomic E-state index is 13.5. The summed E-state index contributed by atoms with van der Waals surface area (Å²) in [4.78, 5) is 15.6. The molecule has 0 saturated carbocycles. The van der Waals surface area contributed by atoms with E-state index in [1.54, 1.807) is 6.20 Å². The number of likely N-dealkylation sites (tertiary alicyclic amines) is 1. The summed E-state index contributed by atoms with van der Waals surface area (Å²) in [6.45, 7) is 5.21. The van der Waals surface area contributed by atoms with Crippen molar-refractivity contribution in [3.05, 3.63) is 18.5 Å². The van der Waals surface area contributed by atoms with Crippen LogP contribution in [0.1, 0.15) is 32.1 Å². The Hall–Kier alpha value is -1.11. The highest BCUT2D eigenvalue weighted by molar-refractivity contribution is 5.85. The number of nitrogens with one attached hydrogen (secondary N) is 1. The number of piperidine rings is 1. The second-order valence-electron chi connectivity index (χ2n) is 7.32. The van der Waals surface area contributed by atoms with Crippen LogP contribution in [0.5, 0.6) is 0 Å². The second kappa shape index (κ2) is 7.02. The van der Waals surface area contributed by atoms with Gasteiger partial charge in [-0.2, -0.15) is 5.10 Å². The first-order valence-corrected chi connectivity index (χ1v) is 8.82. The van der Waals surface area contributed by atoms with Crippen molar-refractivity contribution < 1.29 is 9.53 Å². The predicted octanol–water partition coefficient (Wildman–Crippen LogP) is 1.41. The number of ether oxygens (including phenoxy) is 1. The SMILES string of the molecule is Cl.O=C(N1CCC2(CCOCC2)C1)C1(n2cccn2)CCNCC1. The summed E-state index contributed by atoms with van der Waals surface area (Å²) in [7, 11) is 0. The molecule has 3 fully saturated rings. The number of amides is 1. The summed E-state index contributed by atoms with van der Waals surface area (Å²) in [6, 6.07) is 1.92. The minimum Gasteiger partial charge on any atom is -0.381 e. The first kappa shape index (κ1) is 17.7. The molecule has 0 radical (unpaired) electrons. The Morgan fingerprint density at radius 3 is 2.54 bits per heavy atom. The fourth-order valence-corrected chi connectivity index (χ4v) is 4.52. The largest absolute Gasteiger partial charge is 0.381 e. The lowest BCUT2D eigenvalue weighted by molar-refractivity contribution is -0.142. The summed E-state index contributed by atoms with van der Waals surface area (Å²) in [6.07, 6.45) is 8.67. The Balaban J connectivity index is 0.00000169. The van der Waals surface area contributed by atoms with E-state index in [0.29, 0.717) is 5.41 Å². The third-order valence-corrected chi connectivity index (χ3v) is 6.05. The molecule has 7 heteroatoms. The summed E-state index contributed by atoms with van der Waals surface area (Å²) >= 11 is 0. The van der Waals surface area contributed by atoms with E-state index in [4.69, 9.17) is 4.74 Å². The number of carbonyl (C=O) groups excluding carboxylic acids is 1. The van der Waals surface area contributed by atoms with Crippen molar-refractivity contribution >= 4 is 18.3 Å². The lowest BCUT2D eigenvalue weighted by Gasteiger charge is -2.40. The number of hydrogen-bond donors (Lipinski definition) is 1. The normalized spacial score (nSPS) is 25.4. The van der Waals surface area contributed by atoms with Crippen molar-refractivity contribution in [2.45, 2.75) is 37.6 Å². The predicted molar refractivity (Wildman–Crippen MR) is 93.2 cm³/mol. The number of nitrogens with zero attached hydrogens (tertiary/aromatic N) is 3. The molecular formula is C17H27ClN4O2. The number of carbonyl (C=O) groups is 1. The number of aromatic nitrogens is 2. The van der Waals surface area contributed by atoms with E-state index >= 15 is 0 Å². The number of rotatable bonds is 2. The topological polar surface area (TPSA) is 59.4 Å². The van der Waals surface area contributed by atoms with Crippen LogP contribution in [0.25, 0.3) is 0 Å². The highest BCUT2D eigenvalue weighted by atomic mass is 35.5. The monoisotopic (exact) mass is 354 g/mol. The fraction of sp³-hybridized carbons (Fsp3) is 0.765. The number of halogens is 1. The van der Waals surface area contributed by atoms with Gasteiger partial charge in [0.15, 0.2) is 0 Å². The lowest BCUT2D eigenvalue weighted by atomic mass is 9.79. The van der Waals surface area contributed by atoms with E-state index in [-0.39, 0.29) is 18.3 Å². The van der Waals surface area contributed by atoms with E-state index in [1.807, 2.05) is 16.9 Å². The van der Waals surface area contributed by atoms with E-state index in [9.17, 15) is 4.79 Å². The van der Waals surface area contributed by atoms with E-state index in [1.165, 1.54) is 0 Å². The van der Waals surface area contributed by atoms with Gasteiger partial charge in [-0.15, -0.1) is 12.4 Å². The van der Waals surface area contributed by atoms with Crippen LogP contribution in [0.3, 0.4) is 0 Å². The summed E-state index contributed by atoms with van der Waals surface area (Å²) in [5.74, 6) is 0.270. The van der Waals surface area contributed by atoms with Crippen molar-refractivity contribution in [2.24, 2.45) is 5.41 Å². The molecule has 0 unspecified atom stereocenters. The van der Waals surface area contributed by atoms with Gasteiger partial charge in [-0.1, -0.05) is 0 Å². The number of hydrogen-bond acceptors (Lipinski definition) is 4. The van der Waals surface area contributed by atoms with E-state index in [0.717, 1.165) is 71.5 Å². The van der Waals surface area contributed by atoms with Crippen LogP contribution < -0.4 is 5.32 Å². The summed E-state index contributed by atoms with van der Waals surface area (Å²) < 4.78 is 7.43. The molecule has 0 atom stereocenters. The van der Waals surface area contributed by atoms with Crippen LogP contribution in [0.2, 0.25) is 0 Å². The molecule has 0 aliphatic carbocycles. The Bertz CT molecular complexity index is 551. The minimum absolute atomic E-state index is 0. The standard InChI is InChI=1S/C17H26N4O2.ClH/c22-15(20-11-4-16(14-20)5-12-23-13-6-16)17(2-8-18-9-3-17)21-10-1-7-19-21;/h1,7,10,18H,2-6,8-9,11-14H2;1H. The molecule has 24 heavy (non-hydrogen) atoms. The minimum atomic E-state index is -0.495. The van der Waals surface area contributed by atoms with Crippen LogP contribution in [-0.4, -0.2) is 60.0 Å². The Kier molecular flexibility index (Phi) is 5.18. The molecule has 4 heterocycles. The quantitative estimate of drug-likeness (QED) is 0.872. The highest BCUT2D eigenvalue weighted by Gasteiger charge is 2.49. The van der Waals surface area contributed by atoms with Crippen molar-refractivity contribution in [3.8, 4) is 0 Å². The van der Waals surface area contributed by atoms with Gasteiger partial charge in [-0.3, -0.25) is 9.48 Å². The molecule has 3 aliphatic heterocycles. The zero-order valence-electron chi connectivity index (χ0n) is 14.1. The Morgan fingerprint density at radius 1 is 1.12 bits per heavy atom. The third-order valence-electron chi connectivity index (χ3n) is 6.05. The molecule has 1 spiro atoms. The van der Waals surface area contributed by atoms with Crippen LogP contribution >= 0.6 is 12.4 Å². The average molecular weight is 355 g/mol. The zero-order valence-corrected chi connectivity index (χ0v) is 14.9. The molecule has 6 nitrogen and oxygen atoms in total. The highest BCUT2D eigenvalue weighted by Crippen LogP contribution is 2.41. The molecular weight excluding hydrogens is 328 g/mol. The summed E-state index contributed by atoms with van der Waals surface area (Å²) in [5, 5.41) is 7.81. The van der Waals surface area contributed by atoms with Gasteiger partial charge in [0.1, 0.15) is 5.54 Å². The van der Waals surface area contributed by atoms with Crippen LogP contribution in [0.15, 0.2) is 18.5 Å². The van der Waals surface area contributed by atoms with Crippen LogP contribution in [0, 0.1) is 5.41 Å². The van der Waals surface area contributed by atoms with Gasteiger partial charge in [0, 0.05) is 38.7 Å². The molecule has 3 saturated heterocycles. The first-order chi connectivity index (χ1) is 11.2. The van der Waals surface area contributed by atoms with Gasteiger partial charge in [-0.05, 0) is 56.7 Å². The third kappa shape index (κ3) is 2.95. The zero-order chi connectivity index (χ0) is 15.8. The van der Waals surface area contributed by atoms with Gasteiger partial charge >= 0.3 is 0 Å². The molecule has 1 aromatic heterocycles. The van der Waals surface area contributed by atoms with E-state index < -0.39 is 5.54 Å². The molecule has 1 amide bonds. The maximum Gasteiger partial charge on any atom is 0.250 e. The molecule has 4 rings (SSSR count). The van der Waals surface area contributed by atoms with Crippen molar-refractivity contribution in [1.29, 1.82) is 0 Å². The van der Waals surface area contributed by atoms with E-state index in [2.05, 4.69) is 15.3 Å². The maximum atomic E-state index is 13.5. The van der Waals surface area contributed by atoms with Crippen molar-refractivity contribution in [2.75, 3.05) is 39.4 Å². The van der Waals surface area contributed by atoms with Gasteiger partial charge in [0.05, 0.1) is 0 Å². The molecule has 0 aromatic carbocycles. The summed E-state index contributed by atoms with van der Waals surface area (Å²) in [5.41, 5.74) is -0.197. The Morgan fingerprint density at radius 2 is 1.88 bits per heavy atom. The van der Waals surface area contributed by atoms with Gasteiger partial charge in [0.25, 0.3) is 5.91 Å². The van der Waals surface area contributed by atoms with Crippen molar-refractivity contribution in [3.63, 3.8) is 0 Å². The van der Waals surface area contributed by atoms with Gasteiger partial charge < -0.3 is 15.0 Å². The second-order valence-corrected chi connectivity index (χ2v) is 7.32. The average Bonchev–Trinajstić information content (AvgIpc) is 3.26. The molecule has 3 aliphatic rings. The molecule has 134 valence electrons. The van der Waals surface area contributed by atoms with Crippen LogP contribution in [-0.2, 0) is 15.1 Å². The molecule has 0 bridgehead atoms. The fourth-order valence-electron chi connectivity index (χ4n) is 4.52. The first-order valence-electron chi connectivity index (χ1n) is 8.82. The van der Waals surface area contributed by atoms with Gasteiger partial charge in [0.2, 0.25) is 0 Å².